The molecule has 4 heteroatoms. The van der Waals surface area contributed by atoms with Crippen molar-refractivity contribution in [3.05, 3.63) is 34.1 Å². The molecule has 1 rings (SSSR count). The second kappa shape index (κ2) is 5.45. The quantitative estimate of drug-likeness (QED) is 0.833. The van der Waals surface area contributed by atoms with Crippen LogP contribution in [0.5, 0.6) is 0 Å². The molecule has 0 unspecified atom stereocenters. The van der Waals surface area contributed by atoms with Gasteiger partial charge in [-0.05, 0) is 37.0 Å². The lowest BCUT2D eigenvalue weighted by Gasteiger charge is -2.09. The van der Waals surface area contributed by atoms with Gasteiger partial charge in [0.05, 0.1) is 11.1 Å². The van der Waals surface area contributed by atoms with E-state index < -0.39 is 11.9 Å². The van der Waals surface area contributed by atoms with Crippen LogP contribution >= 0.6 is 11.6 Å². The van der Waals surface area contributed by atoms with Crippen LogP contribution in [0, 0.1) is 12.7 Å². The van der Waals surface area contributed by atoms with Gasteiger partial charge in [0, 0.05) is 6.54 Å². The van der Waals surface area contributed by atoms with Crippen molar-refractivity contribution in [3.63, 3.8) is 0 Å². The van der Waals surface area contributed by atoms with Gasteiger partial charge >= 0.3 is 0 Å². The average molecular weight is 232 g/mol. The molecule has 0 saturated heterocycles. The zero-order chi connectivity index (χ0) is 11.4. The van der Waals surface area contributed by atoms with Crippen molar-refractivity contribution < 1.29 is 9.50 Å². The SMILES string of the molecule is Cc1cc(CC[C@H](O)CN)cc(F)c1Cl. The Morgan fingerprint density at radius 2 is 2.20 bits per heavy atom. The van der Waals surface area contributed by atoms with E-state index in [4.69, 9.17) is 17.3 Å². The Kier molecular flexibility index (Phi) is 4.51. The number of aliphatic hydroxyl groups is 1. The second-order valence-electron chi connectivity index (χ2n) is 3.64. The maximum absolute atomic E-state index is 13.2. The van der Waals surface area contributed by atoms with Gasteiger partial charge in [-0.2, -0.15) is 0 Å². The summed E-state index contributed by atoms with van der Waals surface area (Å²) in [5, 5.41) is 9.43. The highest BCUT2D eigenvalue weighted by Gasteiger charge is 2.07. The Hall–Kier alpha value is -0.640. The normalized spacial score (nSPS) is 12.9. The summed E-state index contributed by atoms with van der Waals surface area (Å²) in [6, 6.07) is 3.23. The van der Waals surface area contributed by atoms with Crippen molar-refractivity contribution in [2.45, 2.75) is 25.9 Å². The smallest absolute Gasteiger partial charge is 0.142 e. The molecular formula is C11H15ClFNO. The zero-order valence-electron chi connectivity index (χ0n) is 8.63. The van der Waals surface area contributed by atoms with Crippen LogP contribution in [0.25, 0.3) is 0 Å². The molecule has 1 aromatic rings. The van der Waals surface area contributed by atoms with Gasteiger partial charge in [0.15, 0.2) is 0 Å². The van der Waals surface area contributed by atoms with Crippen molar-refractivity contribution in [2.75, 3.05) is 6.54 Å². The molecule has 0 bridgehead atoms. The van der Waals surface area contributed by atoms with Crippen molar-refractivity contribution in [2.24, 2.45) is 5.73 Å². The van der Waals surface area contributed by atoms with Gasteiger partial charge in [0.1, 0.15) is 5.82 Å². The minimum absolute atomic E-state index is 0.165. The molecule has 3 N–H and O–H groups in total. The summed E-state index contributed by atoms with van der Waals surface area (Å²) in [7, 11) is 0. The number of hydrogen-bond donors (Lipinski definition) is 2. The van der Waals surface area contributed by atoms with Gasteiger partial charge in [0.25, 0.3) is 0 Å². The van der Waals surface area contributed by atoms with E-state index in [1.165, 1.54) is 6.07 Å². The molecule has 0 radical (unpaired) electrons. The number of benzene rings is 1. The Balaban J connectivity index is 2.70. The molecule has 2 nitrogen and oxygen atoms in total. The third-order valence-corrected chi connectivity index (χ3v) is 2.79. The summed E-state index contributed by atoms with van der Waals surface area (Å²) in [5.74, 6) is -0.408. The molecule has 0 spiro atoms. The number of hydrogen-bond acceptors (Lipinski definition) is 2. The lowest BCUT2D eigenvalue weighted by Crippen LogP contribution is -2.20. The number of rotatable bonds is 4. The molecule has 1 atom stereocenters. The van der Waals surface area contributed by atoms with Crippen molar-refractivity contribution in [1.82, 2.24) is 0 Å². The van der Waals surface area contributed by atoms with Crippen molar-refractivity contribution in [3.8, 4) is 0 Å². The van der Waals surface area contributed by atoms with Crippen LogP contribution in [0.15, 0.2) is 12.1 Å². The Morgan fingerprint density at radius 1 is 1.53 bits per heavy atom. The fourth-order valence-electron chi connectivity index (χ4n) is 1.39. The first-order valence-corrected chi connectivity index (χ1v) is 5.25. The van der Waals surface area contributed by atoms with E-state index in [1.807, 2.05) is 6.07 Å². The summed E-state index contributed by atoms with van der Waals surface area (Å²) >= 11 is 5.70. The maximum atomic E-state index is 13.2. The third kappa shape index (κ3) is 3.45. The molecule has 15 heavy (non-hydrogen) atoms. The highest BCUT2D eigenvalue weighted by atomic mass is 35.5. The van der Waals surface area contributed by atoms with Crippen LogP contribution in [-0.4, -0.2) is 17.8 Å². The molecule has 0 aromatic heterocycles. The molecule has 0 aliphatic heterocycles. The van der Waals surface area contributed by atoms with E-state index in [2.05, 4.69) is 0 Å². The average Bonchev–Trinajstić information content (AvgIpc) is 2.22. The van der Waals surface area contributed by atoms with Gasteiger partial charge in [-0.25, -0.2) is 4.39 Å². The van der Waals surface area contributed by atoms with Crippen LogP contribution < -0.4 is 5.73 Å². The molecule has 0 saturated carbocycles. The summed E-state index contributed by atoms with van der Waals surface area (Å²) in [5.41, 5.74) is 6.83. The Labute approximate surface area is 93.9 Å². The minimum Gasteiger partial charge on any atom is -0.392 e. The lowest BCUT2D eigenvalue weighted by molar-refractivity contribution is 0.173. The number of aliphatic hydroxyl groups excluding tert-OH is 1. The monoisotopic (exact) mass is 231 g/mol. The van der Waals surface area contributed by atoms with E-state index in [-0.39, 0.29) is 11.6 Å². The van der Waals surface area contributed by atoms with Gasteiger partial charge in [-0.15, -0.1) is 0 Å². The van der Waals surface area contributed by atoms with Crippen LogP contribution in [0.1, 0.15) is 17.5 Å². The number of nitrogens with two attached hydrogens (primary N) is 1. The largest absolute Gasteiger partial charge is 0.392 e. The highest BCUT2D eigenvalue weighted by Crippen LogP contribution is 2.21. The van der Waals surface area contributed by atoms with Gasteiger partial charge in [0.2, 0.25) is 0 Å². The van der Waals surface area contributed by atoms with Gasteiger partial charge in [-0.1, -0.05) is 17.7 Å². The first-order valence-electron chi connectivity index (χ1n) is 4.87. The van der Waals surface area contributed by atoms with E-state index in [0.29, 0.717) is 18.4 Å². The van der Waals surface area contributed by atoms with E-state index in [9.17, 15) is 9.50 Å². The summed E-state index contributed by atoms with van der Waals surface area (Å²) < 4.78 is 13.2. The number of halogens is 2. The molecular weight excluding hydrogens is 217 g/mol. The van der Waals surface area contributed by atoms with Crippen molar-refractivity contribution in [1.29, 1.82) is 0 Å². The Bertz CT molecular complexity index is 320. The van der Waals surface area contributed by atoms with Crippen LogP contribution in [0.4, 0.5) is 4.39 Å². The second-order valence-corrected chi connectivity index (χ2v) is 4.01. The van der Waals surface area contributed by atoms with E-state index in [1.54, 1.807) is 6.92 Å². The van der Waals surface area contributed by atoms with E-state index in [0.717, 1.165) is 5.56 Å². The molecule has 0 aliphatic rings. The maximum Gasteiger partial charge on any atom is 0.142 e. The molecule has 84 valence electrons. The first kappa shape index (κ1) is 12.4. The summed E-state index contributed by atoms with van der Waals surface area (Å²) in [6.45, 7) is 1.99. The topological polar surface area (TPSA) is 46.2 Å². The highest BCUT2D eigenvalue weighted by molar-refractivity contribution is 6.31. The lowest BCUT2D eigenvalue weighted by atomic mass is 10.0. The third-order valence-electron chi connectivity index (χ3n) is 2.31. The fraction of sp³-hybridized carbons (Fsp3) is 0.455. The summed E-state index contributed by atoms with van der Waals surface area (Å²) in [4.78, 5) is 0. The molecule has 0 aliphatic carbocycles. The van der Waals surface area contributed by atoms with Crippen molar-refractivity contribution >= 4 is 11.6 Å². The van der Waals surface area contributed by atoms with Crippen LogP contribution in [-0.2, 0) is 6.42 Å². The number of aryl methyl sites for hydroxylation is 2. The molecule has 0 fully saturated rings. The predicted octanol–water partition coefficient (Wildman–Crippen LogP) is 2.04. The van der Waals surface area contributed by atoms with Gasteiger partial charge < -0.3 is 10.8 Å². The van der Waals surface area contributed by atoms with Crippen LogP contribution in [0.3, 0.4) is 0 Å². The van der Waals surface area contributed by atoms with E-state index >= 15 is 0 Å². The predicted molar refractivity (Wildman–Crippen MR) is 59.5 cm³/mol. The van der Waals surface area contributed by atoms with Crippen LogP contribution in [0.2, 0.25) is 5.02 Å². The zero-order valence-corrected chi connectivity index (χ0v) is 9.39. The fourth-order valence-corrected chi connectivity index (χ4v) is 1.50. The minimum atomic E-state index is -0.524. The molecule has 0 amide bonds. The first-order chi connectivity index (χ1) is 7.04. The Morgan fingerprint density at radius 3 is 2.73 bits per heavy atom. The molecule has 1 aromatic carbocycles. The summed E-state index contributed by atoms with van der Waals surface area (Å²) in [6.07, 6.45) is 0.619. The molecule has 0 heterocycles. The van der Waals surface area contributed by atoms with Gasteiger partial charge in [-0.3, -0.25) is 0 Å². The standard InChI is InChI=1S/C11H15ClFNO/c1-7-4-8(2-3-9(15)6-14)5-10(13)11(7)12/h4-5,9,15H,2-3,6,14H2,1H3/t9-/m0/s1.